The van der Waals surface area contributed by atoms with Gasteiger partial charge in [-0.05, 0) is 35.4 Å². The first kappa shape index (κ1) is 13.8. The zero-order chi connectivity index (χ0) is 14.5. The van der Waals surface area contributed by atoms with Crippen LogP contribution in [0.1, 0.15) is 24.6 Å². The lowest BCUT2D eigenvalue weighted by Gasteiger charge is -2.07. The Labute approximate surface area is 125 Å². The summed E-state index contributed by atoms with van der Waals surface area (Å²) < 4.78 is 2.02. The summed E-state index contributed by atoms with van der Waals surface area (Å²) in [5.41, 5.74) is 2.41. The Balaban J connectivity index is 1.76. The monoisotopic (exact) mass is 279 g/mol. The van der Waals surface area contributed by atoms with E-state index in [0.717, 1.165) is 31.7 Å². The summed E-state index contributed by atoms with van der Waals surface area (Å²) in [6.07, 6.45) is 3.21. The van der Waals surface area contributed by atoms with Crippen molar-refractivity contribution in [1.82, 2.24) is 15.1 Å². The van der Waals surface area contributed by atoms with Gasteiger partial charge in [0.1, 0.15) is 0 Å². The third-order valence-corrected chi connectivity index (χ3v) is 3.64. The lowest BCUT2D eigenvalue weighted by molar-refractivity contribution is 0.629. The molecule has 3 nitrogen and oxygen atoms in total. The van der Waals surface area contributed by atoms with Crippen LogP contribution in [0.4, 0.5) is 0 Å². The molecule has 3 rings (SSSR count). The Kier molecular flexibility index (Phi) is 4.31. The highest BCUT2D eigenvalue weighted by molar-refractivity contribution is 5.85. The third kappa shape index (κ3) is 3.31. The van der Waals surface area contributed by atoms with E-state index in [0.29, 0.717) is 0 Å². The first-order valence-electron chi connectivity index (χ1n) is 7.56. The second-order valence-electron chi connectivity index (χ2n) is 5.32. The maximum atomic E-state index is 4.64. The number of rotatable bonds is 6. The Morgan fingerprint density at radius 2 is 1.90 bits per heavy atom. The summed E-state index contributed by atoms with van der Waals surface area (Å²) in [5.74, 6) is 0. The number of benzene rings is 2. The molecular weight excluding hydrogens is 258 g/mol. The van der Waals surface area contributed by atoms with Crippen molar-refractivity contribution in [3.8, 4) is 0 Å². The van der Waals surface area contributed by atoms with Gasteiger partial charge in [-0.2, -0.15) is 5.10 Å². The molecule has 0 radical (unpaired) electrons. The number of nitrogens with zero attached hydrogens (tertiary/aromatic N) is 2. The number of aromatic nitrogens is 2. The van der Waals surface area contributed by atoms with Crippen LogP contribution in [-0.2, 0) is 13.1 Å². The lowest BCUT2D eigenvalue weighted by atomic mass is 10.0. The van der Waals surface area contributed by atoms with E-state index in [4.69, 9.17) is 0 Å². The second-order valence-corrected chi connectivity index (χ2v) is 5.32. The minimum atomic E-state index is 0.815. The zero-order valence-corrected chi connectivity index (χ0v) is 12.4. The Morgan fingerprint density at radius 1 is 1.05 bits per heavy atom. The minimum Gasteiger partial charge on any atom is -0.311 e. The molecule has 0 unspecified atom stereocenters. The van der Waals surface area contributed by atoms with E-state index in [1.54, 1.807) is 0 Å². The van der Waals surface area contributed by atoms with Crippen LogP contribution >= 0.6 is 0 Å². The van der Waals surface area contributed by atoms with Crippen molar-refractivity contribution in [1.29, 1.82) is 0 Å². The predicted molar refractivity (Wildman–Crippen MR) is 87.3 cm³/mol. The van der Waals surface area contributed by atoms with Crippen LogP contribution in [-0.4, -0.2) is 16.3 Å². The minimum absolute atomic E-state index is 0.815. The fraction of sp³-hybridized carbons (Fsp3) is 0.278. The largest absolute Gasteiger partial charge is 0.311 e. The summed E-state index contributed by atoms with van der Waals surface area (Å²) in [7, 11) is 0. The van der Waals surface area contributed by atoms with Crippen molar-refractivity contribution in [2.24, 2.45) is 0 Å². The summed E-state index contributed by atoms with van der Waals surface area (Å²) >= 11 is 0. The van der Waals surface area contributed by atoms with Gasteiger partial charge < -0.3 is 5.32 Å². The van der Waals surface area contributed by atoms with Gasteiger partial charge >= 0.3 is 0 Å². The Hall–Kier alpha value is -2.13. The van der Waals surface area contributed by atoms with Gasteiger partial charge in [0.25, 0.3) is 0 Å². The van der Waals surface area contributed by atoms with Crippen LogP contribution < -0.4 is 5.32 Å². The summed E-state index contributed by atoms with van der Waals surface area (Å²) in [6, 6.07) is 17.0. The van der Waals surface area contributed by atoms with Gasteiger partial charge in [0, 0.05) is 12.7 Å². The molecule has 1 N–H and O–H groups in total. The SMILES string of the molecule is CCCNCc1ccn(Cc2cccc3ccccc23)n1. The normalized spacial score (nSPS) is 11.1. The fourth-order valence-corrected chi connectivity index (χ4v) is 2.58. The first-order chi connectivity index (χ1) is 10.4. The number of hydrogen-bond donors (Lipinski definition) is 1. The van der Waals surface area contributed by atoms with Crippen molar-refractivity contribution >= 4 is 10.8 Å². The van der Waals surface area contributed by atoms with E-state index in [1.165, 1.54) is 16.3 Å². The van der Waals surface area contributed by atoms with Crippen LogP contribution in [0.15, 0.2) is 54.7 Å². The van der Waals surface area contributed by atoms with Gasteiger partial charge in [-0.1, -0.05) is 49.4 Å². The molecule has 0 atom stereocenters. The van der Waals surface area contributed by atoms with Crippen LogP contribution in [0.3, 0.4) is 0 Å². The summed E-state index contributed by atoms with van der Waals surface area (Å²) in [5, 5.41) is 10.6. The molecule has 108 valence electrons. The maximum Gasteiger partial charge on any atom is 0.0762 e. The van der Waals surface area contributed by atoms with Crippen molar-refractivity contribution in [2.45, 2.75) is 26.4 Å². The van der Waals surface area contributed by atoms with Crippen molar-refractivity contribution in [3.63, 3.8) is 0 Å². The molecule has 0 saturated heterocycles. The van der Waals surface area contributed by atoms with Crippen LogP contribution in [0, 0.1) is 0 Å². The number of nitrogens with one attached hydrogen (secondary N) is 1. The average molecular weight is 279 g/mol. The number of hydrogen-bond acceptors (Lipinski definition) is 2. The first-order valence-corrected chi connectivity index (χ1v) is 7.56. The Morgan fingerprint density at radius 3 is 2.81 bits per heavy atom. The molecule has 3 aromatic rings. The molecule has 0 spiro atoms. The fourth-order valence-electron chi connectivity index (χ4n) is 2.58. The maximum absolute atomic E-state index is 4.64. The van der Waals surface area contributed by atoms with E-state index >= 15 is 0 Å². The molecule has 2 aromatic carbocycles. The van der Waals surface area contributed by atoms with Gasteiger partial charge in [-0.25, -0.2) is 0 Å². The van der Waals surface area contributed by atoms with Crippen molar-refractivity contribution in [2.75, 3.05) is 6.54 Å². The molecule has 0 aliphatic heterocycles. The molecule has 0 saturated carbocycles. The molecule has 0 fully saturated rings. The van der Waals surface area contributed by atoms with Crippen LogP contribution in [0.25, 0.3) is 10.8 Å². The van der Waals surface area contributed by atoms with Gasteiger partial charge in [0.2, 0.25) is 0 Å². The van der Waals surface area contributed by atoms with Gasteiger partial charge in [-0.15, -0.1) is 0 Å². The van der Waals surface area contributed by atoms with E-state index in [9.17, 15) is 0 Å². The van der Waals surface area contributed by atoms with Crippen LogP contribution in [0.5, 0.6) is 0 Å². The summed E-state index contributed by atoms with van der Waals surface area (Å²) in [4.78, 5) is 0. The summed E-state index contributed by atoms with van der Waals surface area (Å²) in [6.45, 7) is 4.87. The van der Waals surface area contributed by atoms with Gasteiger partial charge in [0.15, 0.2) is 0 Å². The molecule has 0 bridgehead atoms. The highest BCUT2D eigenvalue weighted by atomic mass is 15.3. The molecular formula is C18H21N3. The molecule has 1 heterocycles. The third-order valence-electron chi connectivity index (χ3n) is 3.64. The molecule has 21 heavy (non-hydrogen) atoms. The molecule has 0 aliphatic rings. The standard InChI is InChI=1S/C18H21N3/c1-2-11-19-13-17-10-12-21(20-17)14-16-8-5-7-15-6-3-4-9-18(15)16/h3-10,12,19H,2,11,13-14H2,1H3. The highest BCUT2D eigenvalue weighted by Crippen LogP contribution is 2.19. The van der Waals surface area contributed by atoms with E-state index in [2.05, 4.69) is 72.1 Å². The van der Waals surface area contributed by atoms with Crippen LogP contribution in [0.2, 0.25) is 0 Å². The second kappa shape index (κ2) is 6.55. The average Bonchev–Trinajstić information content (AvgIpc) is 2.96. The van der Waals surface area contributed by atoms with Crippen molar-refractivity contribution in [3.05, 3.63) is 66.0 Å². The highest BCUT2D eigenvalue weighted by Gasteiger charge is 2.03. The van der Waals surface area contributed by atoms with Crippen molar-refractivity contribution < 1.29 is 0 Å². The molecule has 3 heteroatoms. The predicted octanol–water partition coefficient (Wildman–Crippen LogP) is 3.58. The van der Waals surface area contributed by atoms with Gasteiger partial charge in [-0.3, -0.25) is 4.68 Å². The number of fused-ring (bicyclic) bond motifs is 1. The Bertz CT molecular complexity index is 710. The quantitative estimate of drug-likeness (QED) is 0.699. The van der Waals surface area contributed by atoms with E-state index in [-0.39, 0.29) is 0 Å². The molecule has 0 amide bonds. The zero-order valence-electron chi connectivity index (χ0n) is 12.4. The van der Waals surface area contributed by atoms with E-state index < -0.39 is 0 Å². The molecule has 1 aromatic heterocycles. The smallest absolute Gasteiger partial charge is 0.0762 e. The lowest BCUT2D eigenvalue weighted by Crippen LogP contribution is -2.14. The van der Waals surface area contributed by atoms with Gasteiger partial charge in [0.05, 0.1) is 12.2 Å². The topological polar surface area (TPSA) is 29.9 Å². The molecule has 0 aliphatic carbocycles. The van der Waals surface area contributed by atoms with E-state index in [1.807, 2.05) is 4.68 Å².